The maximum Gasteiger partial charge on any atom is 0.339 e. The van der Waals surface area contributed by atoms with Gasteiger partial charge in [-0.3, -0.25) is 9.78 Å². The molecular formula is C18H20N2O3. The van der Waals surface area contributed by atoms with Gasteiger partial charge in [-0.15, -0.1) is 0 Å². The normalized spacial score (nSPS) is 15.0. The van der Waals surface area contributed by atoms with Crippen molar-refractivity contribution >= 4 is 22.8 Å². The van der Waals surface area contributed by atoms with E-state index in [1.807, 2.05) is 25.1 Å². The Morgan fingerprint density at radius 3 is 2.74 bits per heavy atom. The Labute approximate surface area is 134 Å². The monoisotopic (exact) mass is 312 g/mol. The summed E-state index contributed by atoms with van der Waals surface area (Å²) in [6.07, 6.45) is 2.82. The summed E-state index contributed by atoms with van der Waals surface area (Å²) in [6.45, 7) is 3.46. The van der Waals surface area contributed by atoms with Crippen LogP contribution in [-0.4, -0.2) is 23.0 Å². The first kappa shape index (κ1) is 15.5. The minimum atomic E-state index is -0.949. The fourth-order valence-electron chi connectivity index (χ4n) is 3.05. The fourth-order valence-corrected chi connectivity index (χ4v) is 3.05. The van der Waals surface area contributed by atoms with Crippen LogP contribution in [0.2, 0.25) is 0 Å². The molecule has 0 saturated carbocycles. The van der Waals surface area contributed by atoms with Crippen LogP contribution < -0.4 is 5.73 Å². The predicted octanol–water partition coefficient (Wildman–Crippen LogP) is 2.45. The SMILES string of the molecule is Cc1ccc2nc3c(c(C(=O)O[C@H](C)C(N)=O)c2c1)CCCC3. The molecule has 1 heterocycles. The molecule has 0 spiro atoms. The summed E-state index contributed by atoms with van der Waals surface area (Å²) in [4.78, 5) is 28.6. The lowest BCUT2D eigenvalue weighted by molar-refractivity contribution is -0.125. The topological polar surface area (TPSA) is 82.3 Å². The third-order valence-electron chi connectivity index (χ3n) is 4.31. The zero-order valence-electron chi connectivity index (χ0n) is 13.4. The van der Waals surface area contributed by atoms with Gasteiger partial charge in [0.05, 0.1) is 11.1 Å². The van der Waals surface area contributed by atoms with Crippen LogP contribution in [0.25, 0.3) is 10.9 Å². The molecule has 5 nitrogen and oxygen atoms in total. The van der Waals surface area contributed by atoms with Crippen LogP contribution in [0.1, 0.15) is 46.9 Å². The van der Waals surface area contributed by atoms with Crippen molar-refractivity contribution in [1.82, 2.24) is 4.98 Å². The molecular weight excluding hydrogens is 292 g/mol. The van der Waals surface area contributed by atoms with E-state index < -0.39 is 18.0 Å². The molecule has 0 aliphatic heterocycles. The summed E-state index contributed by atoms with van der Waals surface area (Å²) >= 11 is 0. The Kier molecular flexibility index (Phi) is 4.03. The largest absolute Gasteiger partial charge is 0.449 e. The molecule has 1 aromatic heterocycles. The van der Waals surface area contributed by atoms with Gasteiger partial charge in [0.15, 0.2) is 6.10 Å². The van der Waals surface area contributed by atoms with Gasteiger partial charge in [0.2, 0.25) is 0 Å². The zero-order chi connectivity index (χ0) is 16.6. The molecule has 0 unspecified atom stereocenters. The van der Waals surface area contributed by atoms with Gasteiger partial charge >= 0.3 is 5.97 Å². The molecule has 1 aromatic carbocycles. The third-order valence-corrected chi connectivity index (χ3v) is 4.31. The third kappa shape index (κ3) is 2.91. The number of pyridine rings is 1. The van der Waals surface area contributed by atoms with E-state index in [9.17, 15) is 9.59 Å². The maximum atomic E-state index is 12.7. The van der Waals surface area contributed by atoms with Crippen LogP contribution in [0.4, 0.5) is 0 Å². The van der Waals surface area contributed by atoms with E-state index in [0.29, 0.717) is 5.56 Å². The Hall–Kier alpha value is -2.43. The van der Waals surface area contributed by atoms with E-state index >= 15 is 0 Å². The van der Waals surface area contributed by atoms with E-state index in [0.717, 1.165) is 53.4 Å². The molecule has 1 amide bonds. The first-order valence-corrected chi connectivity index (χ1v) is 7.90. The van der Waals surface area contributed by atoms with Gasteiger partial charge in [-0.05, 0) is 57.2 Å². The van der Waals surface area contributed by atoms with Crippen LogP contribution >= 0.6 is 0 Å². The molecule has 120 valence electrons. The number of esters is 1. The molecule has 1 atom stereocenters. The van der Waals surface area contributed by atoms with Crippen LogP contribution in [-0.2, 0) is 22.4 Å². The van der Waals surface area contributed by atoms with E-state index in [2.05, 4.69) is 0 Å². The van der Waals surface area contributed by atoms with Gasteiger partial charge in [-0.2, -0.15) is 0 Å². The van der Waals surface area contributed by atoms with Crippen molar-refractivity contribution in [1.29, 1.82) is 0 Å². The summed E-state index contributed by atoms with van der Waals surface area (Å²) < 4.78 is 5.27. The number of amides is 1. The van der Waals surface area contributed by atoms with Gasteiger partial charge in [0.25, 0.3) is 5.91 Å². The number of primary amides is 1. The van der Waals surface area contributed by atoms with Gasteiger partial charge in [0, 0.05) is 11.1 Å². The number of fused-ring (bicyclic) bond motifs is 2. The molecule has 2 N–H and O–H groups in total. The van der Waals surface area contributed by atoms with Crippen molar-refractivity contribution in [2.24, 2.45) is 5.73 Å². The summed E-state index contributed by atoms with van der Waals surface area (Å²) in [5, 5.41) is 0.785. The van der Waals surface area contributed by atoms with Crippen LogP contribution in [0.3, 0.4) is 0 Å². The number of hydrogen-bond acceptors (Lipinski definition) is 4. The molecule has 2 aromatic rings. The Bertz CT molecular complexity index is 798. The number of nitrogens with zero attached hydrogens (tertiary/aromatic N) is 1. The maximum absolute atomic E-state index is 12.7. The minimum Gasteiger partial charge on any atom is -0.449 e. The molecule has 0 fully saturated rings. The number of hydrogen-bond donors (Lipinski definition) is 1. The second-order valence-electron chi connectivity index (χ2n) is 6.09. The molecule has 0 radical (unpaired) electrons. The predicted molar refractivity (Wildman–Crippen MR) is 87.2 cm³/mol. The number of nitrogens with two attached hydrogens (primary N) is 1. The average Bonchev–Trinajstić information content (AvgIpc) is 2.52. The average molecular weight is 312 g/mol. The summed E-state index contributed by atoms with van der Waals surface area (Å²) in [5.41, 5.74) is 9.51. The molecule has 0 bridgehead atoms. The van der Waals surface area contributed by atoms with Gasteiger partial charge in [0.1, 0.15) is 0 Å². The van der Waals surface area contributed by atoms with E-state index in [1.54, 1.807) is 0 Å². The number of ether oxygens (including phenoxy) is 1. The highest BCUT2D eigenvalue weighted by Crippen LogP contribution is 2.30. The molecule has 1 aliphatic carbocycles. The van der Waals surface area contributed by atoms with Crippen molar-refractivity contribution in [2.45, 2.75) is 45.6 Å². The quantitative estimate of drug-likeness (QED) is 0.883. The lowest BCUT2D eigenvalue weighted by Crippen LogP contribution is -2.31. The van der Waals surface area contributed by atoms with Crippen LogP contribution in [0, 0.1) is 6.92 Å². The number of carbonyl (C=O) groups excluding carboxylic acids is 2. The first-order valence-electron chi connectivity index (χ1n) is 7.90. The van der Waals surface area contributed by atoms with E-state index in [-0.39, 0.29) is 0 Å². The summed E-state index contributed by atoms with van der Waals surface area (Å²) in [5.74, 6) is -1.14. The fraction of sp³-hybridized carbons (Fsp3) is 0.389. The number of benzene rings is 1. The Balaban J connectivity index is 2.17. The highest BCUT2D eigenvalue weighted by molar-refractivity contribution is 6.06. The number of aromatic nitrogens is 1. The number of carbonyl (C=O) groups is 2. The zero-order valence-corrected chi connectivity index (χ0v) is 13.4. The first-order chi connectivity index (χ1) is 11.0. The lowest BCUT2D eigenvalue weighted by Gasteiger charge is -2.21. The van der Waals surface area contributed by atoms with Crippen molar-refractivity contribution in [2.75, 3.05) is 0 Å². The smallest absolute Gasteiger partial charge is 0.339 e. The highest BCUT2D eigenvalue weighted by Gasteiger charge is 2.25. The minimum absolute atomic E-state index is 0.493. The Morgan fingerprint density at radius 1 is 1.26 bits per heavy atom. The number of aryl methyl sites for hydroxylation is 2. The van der Waals surface area contributed by atoms with Crippen molar-refractivity contribution in [3.8, 4) is 0 Å². The number of rotatable bonds is 3. The molecule has 0 saturated heterocycles. The molecule has 1 aliphatic rings. The van der Waals surface area contributed by atoms with Crippen molar-refractivity contribution in [3.63, 3.8) is 0 Å². The van der Waals surface area contributed by atoms with Crippen molar-refractivity contribution in [3.05, 3.63) is 40.6 Å². The molecule has 23 heavy (non-hydrogen) atoms. The summed E-state index contributed by atoms with van der Waals surface area (Å²) in [6, 6.07) is 5.85. The highest BCUT2D eigenvalue weighted by atomic mass is 16.5. The lowest BCUT2D eigenvalue weighted by atomic mass is 9.89. The van der Waals surface area contributed by atoms with Gasteiger partial charge in [-0.25, -0.2) is 4.79 Å². The molecule has 3 rings (SSSR count). The van der Waals surface area contributed by atoms with Crippen LogP contribution in [0.5, 0.6) is 0 Å². The molecule has 5 heteroatoms. The van der Waals surface area contributed by atoms with Crippen LogP contribution in [0.15, 0.2) is 18.2 Å². The Morgan fingerprint density at radius 2 is 2.00 bits per heavy atom. The summed E-state index contributed by atoms with van der Waals surface area (Å²) in [7, 11) is 0. The second-order valence-corrected chi connectivity index (χ2v) is 6.09. The van der Waals surface area contributed by atoms with Gasteiger partial charge in [-0.1, -0.05) is 11.6 Å². The second kappa shape index (κ2) is 5.99. The van der Waals surface area contributed by atoms with E-state index in [1.165, 1.54) is 6.92 Å². The van der Waals surface area contributed by atoms with Crippen molar-refractivity contribution < 1.29 is 14.3 Å². The van der Waals surface area contributed by atoms with Gasteiger partial charge < -0.3 is 10.5 Å². The van der Waals surface area contributed by atoms with E-state index in [4.69, 9.17) is 15.5 Å². The standard InChI is InChI=1S/C18H20N2O3/c1-10-7-8-15-13(9-10)16(18(22)23-11(2)17(19)21)12-5-3-4-6-14(12)20-15/h7-9,11H,3-6H2,1-2H3,(H2,19,21)/t11-/m1/s1.